The first-order valence-electron chi connectivity index (χ1n) is 6.77. The molecule has 3 aromatic rings. The highest BCUT2D eigenvalue weighted by Gasteiger charge is 2.38. The second-order valence-corrected chi connectivity index (χ2v) is 6.70. The zero-order valence-corrected chi connectivity index (χ0v) is 14.5. The van der Waals surface area contributed by atoms with Crippen LogP contribution >= 0.6 is 27.7 Å². The molecule has 0 unspecified atom stereocenters. The van der Waals surface area contributed by atoms with Crippen LogP contribution in [-0.4, -0.2) is 11.4 Å². The highest BCUT2D eigenvalue weighted by Crippen LogP contribution is 2.44. The van der Waals surface area contributed by atoms with Crippen LogP contribution in [0.5, 0.6) is 0 Å². The zero-order chi connectivity index (χ0) is 16.4. The summed E-state index contributed by atoms with van der Waals surface area (Å²) in [6.45, 7) is 0. The summed E-state index contributed by atoms with van der Waals surface area (Å²) >= 11 is 3.98. The number of nitrogens with zero attached hydrogens (tertiary/aromatic N) is 1. The van der Waals surface area contributed by atoms with E-state index in [0.717, 1.165) is 10.5 Å². The molecule has 0 radical (unpaired) electrons. The van der Waals surface area contributed by atoms with Gasteiger partial charge in [-0.15, -0.1) is 11.8 Å². The van der Waals surface area contributed by atoms with Crippen molar-refractivity contribution in [3.05, 3.63) is 60.4 Å². The smallest absolute Gasteiger partial charge is 0.353 e. The number of halogens is 3. The van der Waals surface area contributed by atoms with E-state index in [2.05, 4.69) is 21.1 Å². The lowest BCUT2D eigenvalue weighted by molar-refractivity contribution is 0.0793. The quantitative estimate of drug-likeness (QED) is 0.389. The molecule has 2 aromatic carbocycles. The predicted octanol–water partition coefficient (Wildman–Crippen LogP) is 6.17. The third-order valence-corrected chi connectivity index (χ3v) is 4.48. The maximum Gasteiger partial charge on any atom is 0.361 e. The number of hydrogen-bond donors (Lipinski definition) is 0. The Hall–Kier alpha value is -1.66. The van der Waals surface area contributed by atoms with E-state index < -0.39 is 10.6 Å². The average molecular weight is 396 g/mol. The maximum absolute atomic E-state index is 13.8. The third kappa shape index (κ3) is 3.33. The molecule has 1 aromatic heterocycles. The highest BCUT2D eigenvalue weighted by molar-refractivity contribution is 9.09. The molecule has 1 heterocycles. The van der Waals surface area contributed by atoms with Gasteiger partial charge in [0.05, 0.1) is 5.56 Å². The first kappa shape index (κ1) is 16.2. The molecule has 0 fully saturated rings. The van der Waals surface area contributed by atoms with Gasteiger partial charge >= 0.3 is 4.83 Å². The monoisotopic (exact) mass is 395 g/mol. The Balaban J connectivity index is 2.19. The van der Waals surface area contributed by atoms with Crippen LogP contribution in [0, 0.1) is 0 Å². The number of hydrogen-bond acceptors (Lipinski definition) is 3. The van der Waals surface area contributed by atoms with Crippen LogP contribution in [-0.2, 0) is 4.83 Å². The summed E-state index contributed by atoms with van der Waals surface area (Å²) in [7, 11) is 0. The molecule has 0 spiro atoms. The summed E-state index contributed by atoms with van der Waals surface area (Å²) in [5.41, 5.74) is 2.06. The van der Waals surface area contributed by atoms with Crippen molar-refractivity contribution in [2.75, 3.05) is 6.26 Å². The minimum atomic E-state index is -3.29. The number of alkyl halides is 3. The standard InChI is InChI=1S/C17H12BrF2NOS/c1-23-13-9-7-12(8-10-13)15-14(11-5-3-2-4-6-11)16(22-21-15)17(18,19)20/h2-10H,1H3. The van der Waals surface area contributed by atoms with E-state index in [1.54, 1.807) is 36.0 Å². The minimum Gasteiger partial charge on any atom is -0.353 e. The molecule has 0 aliphatic heterocycles. The van der Waals surface area contributed by atoms with Crippen molar-refractivity contribution in [2.24, 2.45) is 0 Å². The molecule has 6 heteroatoms. The fourth-order valence-electron chi connectivity index (χ4n) is 2.30. The highest BCUT2D eigenvalue weighted by atomic mass is 79.9. The van der Waals surface area contributed by atoms with Crippen molar-refractivity contribution < 1.29 is 13.3 Å². The molecule has 0 atom stereocenters. The van der Waals surface area contributed by atoms with Crippen molar-refractivity contribution in [1.82, 2.24) is 5.16 Å². The second kappa shape index (κ2) is 6.45. The van der Waals surface area contributed by atoms with Crippen LogP contribution in [0.2, 0.25) is 0 Å². The number of thioether (sulfide) groups is 1. The Labute approximate surface area is 145 Å². The molecule has 0 bridgehead atoms. The van der Waals surface area contributed by atoms with Crippen LogP contribution in [0.4, 0.5) is 8.78 Å². The second-order valence-electron chi connectivity index (χ2n) is 4.83. The lowest BCUT2D eigenvalue weighted by Gasteiger charge is -2.08. The van der Waals surface area contributed by atoms with Crippen LogP contribution in [0.3, 0.4) is 0 Å². The molecule has 0 saturated carbocycles. The van der Waals surface area contributed by atoms with Crippen molar-refractivity contribution in [3.8, 4) is 22.4 Å². The number of rotatable bonds is 4. The maximum atomic E-state index is 13.8. The molecular weight excluding hydrogens is 384 g/mol. The third-order valence-electron chi connectivity index (χ3n) is 3.38. The van der Waals surface area contributed by atoms with E-state index in [9.17, 15) is 8.78 Å². The molecule has 0 aliphatic rings. The fourth-order valence-corrected chi connectivity index (χ4v) is 2.98. The van der Waals surface area contributed by atoms with Crippen molar-refractivity contribution >= 4 is 27.7 Å². The molecule has 3 rings (SSSR count). The van der Waals surface area contributed by atoms with Crippen LogP contribution < -0.4 is 0 Å². The summed E-state index contributed by atoms with van der Waals surface area (Å²) < 4.78 is 32.6. The van der Waals surface area contributed by atoms with Gasteiger partial charge in [0.2, 0.25) is 5.76 Å². The number of aromatic nitrogens is 1. The fraction of sp³-hybridized carbons (Fsp3) is 0.118. The molecule has 118 valence electrons. The Morgan fingerprint density at radius 3 is 2.22 bits per heavy atom. The molecule has 2 nitrogen and oxygen atoms in total. The SMILES string of the molecule is CSc1ccc(-c2noc(C(F)(F)Br)c2-c2ccccc2)cc1. The Morgan fingerprint density at radius 2 is 1.65 bits per heavy atom. The van der Waals surface area contributed by atoms with Gasteiger partial charge in [0.25, 0.3) is 0 Å². The normalized spacial score (nSPS) is 11.7. The summed E-state index contributed by atoms with van der Waals surface area (Å²) in [6, 6.07) is 16.5. The minimum absolute atomic E-state index is 0.296. The van der Waals surface area contributed by atoms with Gasteiger partial charge in [0.15, 0.2) is 0 Å². The molecule has 0 saturated heterocycles. The molecule has 0 amide bonds. The van der Waals surface area contributed by atoms with Crippen LogP contribution in [0.1, 0.15) is 5.76 Å². The van der Waals surface area contributed by atoms with Crippen molar-refractivity contribution in [1.29, 1.82) is 0 Å². The van der Waals surface area contributed by atoms with E-state index in [4.69, 9.17) is 4.52 Å². The van der Waals surface area contributed by atoms with Gasteiger partial charge in [-0.25, -0.2) is 0 Å². The predicted molar refractivity (Wildman–Crippen MR) is 92.0 cm³/mol. The lowest BCUT2D eigenvalue weighted by atomic mass is 9.99. The molecule has 23 heavy (non-hydrogen) atoms. The van der Waals surface area contributed by atoms with Crippen molar-refractivity contribution in [3.63, 3.8) is 0 Å². The van der Waals surface area contributed by atoms with Crippen LogP contribution in [0.25, 0.3) is 22.4 Å². The van der Waals surface area contributed by atoms with Gasteiger partial charge in [0, 0.05) is 10.5 Å². The molecule has 0 N–H and O–H groups in total. The Morgan fingerprint density at radius 1 is 1.00 bits per heavy atom. The Bertz CT molecular complexity index is 798. The molecular formula is C17H12BrF2NOS. The molecule has 0 aliphatic carbocycles. The van der Waals surface area contributed by atoms with E-state index in [1.807, 2.05) is 36.6 Å². The average Bonchev–Trinajstić information content (AvgIpc) is 3.01. The first-order chi connectivity index (χ1) is 11.0. The zero-order valence-electron chi connectivity index (χ0n) is 12.1. The van der Waals surface area contributed by atoms with E-state index >= 15 is 0 Å². The number of benzene rings is 2. The largest absolute Gasteiger partial charge is 0.361 e. The van der Waals surface area contributed by atoms with E-state index in [1.165, 1.54) is 0 Å². The van der Waals surface area contributed by atoms with Gasteiger partial charge in [-0.1, -0.05) is 47.6 Å². The van der Waals surface area contributed by atoms with Crippen molar-refractivity contribution in [2.45, 2.75) is 9.73 Å². The van der Waals surface area contributed by atoms with Gasteiger partial charge in [-0.2, -0.15) is 8.78 Å². The lowest BCUT2D eigenvalue weighted by Crippen LogP contribution is -2.02. The van der Waals surface area contributed by atoms with Gasteiger partial charge < -0.3 is 4.52 Å². The van der Waals surface area contributed by atoms with Gasteiger partial charge in [-0.3, -0.25) is 0 Å². The van der Waals surface area contributed by atoms with Gasteiger partial charge in [0.1, 0.15) is 5.69 Å². The van der Waals surface area contributed by atoms with Gasteiger partial charge in [-0.05, 0) is 39.9 Å². The summed E-state index contributed by atoms with van der Waals surface area (Å²) in [5, 5.41) is 3.89. The summed E-state index contributed by atoms with van der Waals surface area (Å²) in [5.74, 6) is -0.493. The summed E-state index contributed by atoms with van der Waals surface area (Å²) in [6.07, 6.45) is 1.98. The topological polar surface area (TPSA) is 26.0 Å². The summed E-state index contributed by atoms with van der Waals surface area (Å²) in [4.78, 5) is -2.20. The van der Waals surface area contributed by atoms with E-state index in [0.29, 0.717) is 16.8 Å². The van der Waals surface area contributed by atoms with Crippen LogP contribution in [0.15, 0.2) is 64.0 Å². The first-order valence-corrected chi connectivity index (χ1v) is 8.79. The Kier molecular flexibility index (Phi) is 4.55. The van der Waals surface area contributed by atoms with E-state index in [-0.39, 0.29) is 0 Å².